The van der Waals surface area contributed by atoms with Gasteiger partial charge >= 0.3 is 11.9 Å². The first kappa shape index (κ1) is 54.8. The monoisotopic (exact) mass is 805 g/mol. The zero-order chi connectivity index (χ0) is 42.1. The number of rotatable bonds is 42. The van der Waals surface area contributed by atoms with Crippen LogP contribution in [0.15, 0.2) is 97.2 Å². The SMILES string of the molecule is CC/C=C\C/C=C\C/C=C\CCCCCCCCOCC(COC(=O)CCCCC/C=C\C/C=C\C/C=C\CC)OC(=O)CCCCCCC/C=C\C/C=C\CCC. The van der Waals surface area contributed by atoms with Crippen molar-refractivity contribution >= 4 is 11.9 Å². The summed E-state index contributed by atoms with van der Waals surface area (Å²) in [5, 5.41) is 0. The molecule has 330 valence electrons. The van der Waals surface area contributed by atoms with Crippen LogP contribution in [0, 0.1) is 0 Å². The first-order chi connectivity index (χ1) is 28.6. The molecule has 0 aliphatic heterocycles. The van der Waals surface area contributed by atoms with E-state index in [2.05, 4.69) is 118 Å². The molecule has 0 saturated carbocycles. The van der Waals surface area contributed by atoms with Gasteiger partial charge in [-0.1, -0.05) is 176 Å². The minimum absolute atomic E-state index is 0.0536. The molecule has 5 nitrogen and oxygen atoms in total. The highest BCUT2D eigenvalue weighted by atomic mass is 16.6. The zero-order valence-corrected chi connectivity index (χ0v) is 37.8. The summed E-state index contributed by atoms with van der Waals surface area (Å²) in [7, 11) is 0. The van der Waals surface area contributed by atoms with Crippen LogP contribution in [0.2, 0.25) is 0 Å². The molecule has 0 aromatic heterocycles. The van der Waals surface area contributed by atoms with Crippen molar-refractivity contribution in [2.45, 2.75) is 207 Å². The van der Waals surface area contributed by atoms with Crippen molar-refractivity contribution in [1.29, 1.82) is 0 Å². The summed E-state index contributed by atoms with van der Waals surface area (Å²) in [6.45, 7) is 7.45. The van der Waals surface area contributed by atoms with Crippen LogP contribution in [-0.4, -0.2) is 37.9 Å². The van der Waals surface area contributed by atoms with Gasteiger partial charge in [0.1, 0.15) is 6.61 Å². The minimum Gasteiger partial charge on any atom is -0.462 e. The van der Waals surface area contributed by atoms with E-state index in [0.717, 1.165) is 122 Å². The lowest BCUT2D eigenvalue weighted by Crippen LogP contribution is -2.30. The van der Waals surface area contributed by atoms with E-state index in [1.165, 1.54) is 44.9 Å². The second-order valence-corrected chi connectivity index (χ2v) is 15.2. The van der Waals surface area contributed by atoms with Gasteiger partial charge in [0.05, 0.1) is 6.61 Å². The zero-order valence-electron chi connectivity index (χ0n) is 37.8. The molecule has 0 radical (unpaired) electrons. The third kappa shape index (κ3) is 45.5. The summed E-state index contributed by atoms with van der Waals surface area (Å²) in [6.07, 6.45) is 64.1. The van der Waals surface area contributed by atoms with Crippen LogP contribution in [0.3, 0.4) is 0 Å². The summed E-state index contributed by atoms with van der Waals surface area (Å²) in [6, 6.07) is 0. The van der Waals surface area contributed by atoms with Crippen LogP contribution in [0.5, 0.6) is 0 Å². The fourth-order valence-electron chi connectivity index (χ4n) is 6.10. The van der Waals surface area contributed by atoms with Crippen molar-refractivity contribution in [3.63, 3.8) is 0 Å². The maximum absolute atomic E-state index is 12.7. The van der Waals surface area contributed by atoms with Crippen LogP contribution < -0.4 is 0 Å². The van der Waals surface area contributed by atoms with Crippen LogP contribution in [0.1, 0.15) is 201 Å². The van der Waals surface area contributed by atoms with Gasteiger partial charge in [-0.2, -0.15) is 0 Å². The predicted octanol–water partition coefficient (Wildman–Crippen LogP) is 15.9. The van der Waals surface area contributed by atoms with Gasteiger partial charge in [0.15, 0.2) is 6.10 Å². The van der Waals surface area contributed by atoms with Crippen LogP contribution >= 0.6 is 0 Å². The van der Waals surface area contributed by atoms with Gasteiger partial charge in [0, 0.05) is 19.4 Å². The number of carbonyl (C=O) groups is 2. The molecule has 5 heteroatoms. The second-order valence-electron chi connectivity index (χ2n) is 15.2. The third-order valence-electron chi connectivity index (χ3n) is 9.57. The normalized spacial score (nSPS) is 13.1. The fraction of sp³-hybridized carbons (Fsp3) is 0.660. The maximum Gasteiger partial charge on any atom is 0.306 e. The number of allylic oxidation sites excluding steroid dienone is 16. The third-order valence-corrected chi connectivity index (χ3v) is 9.57. The van der Waals surface area contributed by atoms with E-state index in [4.69, 9.17) is 14.2 Å². The van der Waals surface area contributed by atoms with E-state index in [1.807, 2.05) is 0 Å². The smallest absolute Gasteiger partial charge is 0.306 e. The Morgan fingerprint density at radius 3 is 1.26 bits per heavy atom. The van der Waals surface area contributed by atoms with Gasteiger partial charge in [-0.25, -0.2) is 0 Å². The molecule has 0 heterocycles. The Kier molecular flexibility index (Phi) is 45.5. The Morgan fingerprint density at radius 1 is 0.397 bits per heavy atom. The number of ether oxygens (including phenoxy) is 3. The highest BCUT2D eigenvalue weighted by Crippen LogP contribution is 2.12. The van der Waals surface area contributed by atoms with Gasteiger partial charge in [-0.15, -0.1) is 0 Å². The molecule has 0 N–H and O–H groups in total. The van der Waals surface area contributed by atoms with Crippen molar-refractivity contribution in [3.05, 3.63) is 97.2 Å². The number of hydrogen-bond donors (Lipinski definition) is 0. The van der Waals surface area contributed by atoms with E-state index >= 15 is 0 Å². The number of hydrogen-bond acceptors (Lipinski definition) is 5. The lowest BCUT2D eigenvalue weighted by atomic mass is 10.1. The Balaban J connectivity index is 4.37. The van der Waals surface area contributed by atoms with Crippen LogP contribution in [0.4, 0.5) is 0 Å². The first-order valence-corrected chi connectivity index (χ1v) is 23.8. The molecule has 0 aromatic rings. The average Bonchev–Trinajstić information content (AvgIpc) is 3.22. The fourth-order valence-corrected chi connectivity index (χ4v) is 6.10. The highest BCUT2D eigenvalue weighted by Gasteiger charge is 2.17. The van der Waals surface area contributed by atoms with E-state index in [1.54, 1.807) is 0 Å². The Morgan fingerprint density at radius 2 is 0.776 bits per heavy atom. The van der Waals surface area contributed by atoms with Gasteiger partial charge in [0.25, 0.3) is 0 Å². The van der Waals surface area contributed by atoms with E-state index in [0.29, 0.717) is 19.4 Å². The molecule has 0 fully saturated rings. The van der Waals surface area contributed by atoms with Gasteiger partial charge in [-0.05, 0) is 109 Å². The molecular formula is C53H88O5. The topological polar surface area (TPSA) is 61.8 Å². The quantitative estimate of drug-likeness (QED) is 0.0349. The summed E-state index contributed by atoms with van der Waals surface area (Å²) < 4.78 is 17.3. The Hall–Kier alpha value is -3.18. The van der Waals surface area contributed by atoms with Crippen LogP contribution in [-0.2, 0) is 23.8 Å². The van der Waals surface area contributed by atoms with Gasteiger partial charge < -0.3 is 14.2 Å². The number of esters is 2. The molecule has 0 spiro atoms. The maximum atomic E-state index is 12.7. The van der Waals surface area contributed by atoms with Crippen molar-refractivity contribution in [1.82, 2.24) is 0 Å². The highest BCUT2D eigenvalue weighted by molar-refractivity contribution is 5.70. The van der Waals surface area contributed by atoms with E-state index < -0.39 is 6.10 Å². The molecule has 0 aromatic carbocycles. The molecule has 58 heavy (non-hydrogen) atoms. The van der Waals surface area contributed by atoms with Gasteiger partial charge in [0.2, 0.25) is 0 Å². The molecule has 0 amide bonds. The first-order valence-electron chi connectivity index (χ1n) is 23.8. The standard InChI is InChI=1S/C53H88O5/c1-4-7-10-13-16-19-22-25-26-27-30-33-36-39-42-45-48-56-49-51(58-53(55)47-44-41-38-35-32-29-24-21-18-15-12-9-6-3)50-57-52(54)46-43-40-37-34-31-28-23-20-17-14-11-8-5-2/h7-8,10-12,15-17,19-21,24-26,28,31,51H,4-6,9,13-14,18,22-23,27,29-30,32-50H2,1-3H3/b10-7-,11-8-,15-12-,19-16-,20-17-,24-21-,26-25-,31-28-. The molecule has 1 unspecified atom stereocenters. The van der Waals surface area contributed by atoms with E-state index in [-0.39, 0.29) is 25.2 Å². The van der Waals surface area contributed by atoms with Crippen LogP contribution in [0.25, 0.3) is 0 Å². The summed E-state index contributed by atoms with van der Waals surface area (Å²) >= 11 is 0. The molecule has 0 saturated heterocycles. The van der Waals surface area contributed by atoms with Crippen molar-refractivity contribution in [3.8, 4) is 0 Å². The molecule has 0 aliphatic rings. The summed E-state index contributed by atoms with van der Waals surface area (Å²) in [4.78, 5) is 25.3. The predicted molar refractivity (Wildman–Crippen MR) is 251 cm³/mol. The largest absolute Gasteiger partial charge is 0.462 e. The lowest BCUT2D eigenvalue weighted by Gasteiger charge is -2.18. The van der Waals surface area contributed by atoms with Crippen molar-refractivity contribution < 1.29 is 23.8 Å². The molecular weight excluding hydrogens is 717 g/mol. The average molecular weight is 805 g/mol. The number of carbonyl (C=O) groups excluding carboxylic acids is 2. The van der Waals surface area contributed by atoms with Crippen molar-refractivity contribution in [2.75, 3.05) is 19.8 Å². The minimum atomic E-state index is -0.566. The summed E-state index contributed by atoms with van der Waals surface area (Å²) in [5.41, 5.74) is 0. The number of unbranched alkanes of at least 4 members (excludes halogenated alkanes) is 15. The summed E-state index contributed by atoms with van der Waals surface area (Å²) in [5.74, 6) is -0.462. The molecule has 0 rings (SSSR count). The molecule has 0 aliphatic carbocycles. The van der Waals surface area contributed by atoms with Gasteiger partial charge in [-0.3, -0.25) is 9.59 Å². The lowest BCUT2D eigenvalue weighted by molar-refractivity contribution is -0.163. The van der Waals surface area contributed by atoms with E-state index in [9.17, 15) is 9.59 Å². The molecule has 0 bridgehead atoms. The molecule has 1 atom stereocenters. The Labute approximate surface area is 358 Å². The Bertz CT molecular complexity index is 1140. The van der Waals surface area contributed by atoms with Crippen molar-refractivity contribution in [2.24, 2.45) is 0 Å². The second kappa shape index (κ2) is 48.2.